The van der Waals surface area contributed by atoms with Crippen LogP contribution in [0.25, 0.3) is 32.9 Å². The predicted octanol–water partition coefficient (Wildman–Crippen LogP) is 7.34. The lowest BCUT2D eigenvalue weighted by Gasteiger charge is -2.11. The van der Waals surface area contributed by atoms with Crippen LogP contribution in [0, 0.1) is 0 Å². The Morgan fingerprint density at radius 1 is 0.789 bits per heavy atom. The van der Waals surface area contributed by atoms with Crippen molar-refractivity contribution in [1.29, 1.82) is 0 Å². The van der Waals surface area contributed by atoms with Crippen molar-refractivity contribution in [2.45, 2.75) is 13.2 Å². The zero-order valence-corrected chi connectivity index (χ0v) is 21.0. The van der Waals surface area contributed by atoms with Crippen molar-refractivity contribution in [3.8, 4) is 16.9 Å². The van der Waals surface area contributed by atoms with Crippen molar-refractivity contribution in [3.63, 3.8) is 0 Å². The van der Waals surface area contributed by atoms with Gasteiger partial charge >= 0.3 is 0 Å². The second-order valence-corrected chi connectivity index (χ2v) is 9.19. The molecule has 0 saturated heterocycles. The molecule has 2 heterocycles. The number of rotatable bonds is 8. The van der Waals surface area contributed by atoms with E-state index in [9.17, 15) is 4.79 Å². The third-order valence-electron chi connectivity index (χ3n) is 6.72. The van der Waals surface area contributed by atoms with Crippen LogP contribution in [0.2, 0.25) is 0 Å². The van der Waals surface area contributed by atoms with Crippen molar-refractivity contribution < 1.29 is 14.3 Å². The van der Waals surface area contributed by atoms with E-state index in [2.05, 4.69) is 22.1 Å². The zero-order chi connectivity index (χ0) is 25.9. The zero-order valence-electron chi connectivity index (χ0n) is 21.0. The maximum atomic E-state index is 13.7. The molecule has 0 aliphatic heterocycles. The molecule has 1 N–H and O–H groups in total. The summed E-state index contributed by atoms with van der Waals surface area (Å²) in [6, 6.07) is 33.8. The van der Waals surface area contributed by atoms with Crippen LogP contribution in [-0.2, 0) is 18.0 Å². The van der Waals surface area contributed by atoms with Crippen molar-refractivity contribution in [2.24, 2.45) is 0 Å². The molecule has 0 aliphatic carbocycles. The van der Waals surface area contributed by atoms with Gasteiger partial charge in [-0.25, -0.2) is 0 Å². The molecule has 0 unspecified atom stereocenters. The largest absolute Gasteiger partial charge is 0.489 e. The number of methoxy groups -OCH3 is 1. The fourth-order valence-electron chi connectivity index (χ4n) is 4.83. The fraction of sp³-hybridized carbons (Fsp3) is 0.0909. The predicted molar refractivity (Wildman–Crippen MR) is 150 cm³/mol. The van der Waals surface area contributed by atoms with Crippen LogP contribution in [-0.4, -0.2) is 22.9 Å². The molecule has 6 aromatic rings. The van der Waals surface area contributed by atoms with Gasteiger partial charge in [0.1, 0.15) is 18.1 Å². The lowest BCUT2D eigenvalue weighted by atomic mass is 9.98. The van der Waals surface area contributed by atoms with Gasteiger partial charge in [-0.05, 0) is 34.9 Å². The Kier molecular flexibility index (Phi) is 6.42. The number of hydrogen-bond donors (Lipinski definition) is 1. The van der Waals surface area contributed by atoms with Gasteiger partial charge in [0.15, 0.2) is 0 Å². The smallest absolute Gasteiger partial charge is 0.211 e. The molecule has 4 aromatic carbocycles. The van der Waals surface area contributed by atoms with Crippen molar-refractivity contribution in [2.75, 3.05) is 7.11 Å². The van der Waals surface area contributed by atoms with Crippen LogP contribution in [0.3, 0.4) is 0 Å². The van der Waals surface area contributed by atoms with Gasteiger partial charge in [0.25, 0.3) is 0 Å². The first-order valence-electron chi connectivity index (χ1n) is 12.5. The van der Waals surface area contributed by atoms with E-state index in [1.165, 1.54) is 0 Å². The molecule has 0 fully saturated rings. The molecule has 0 radical (unpaired) electrons. The minimum Gasteiger partial charge on any atom is -0.489 e. The SMILES string of the molecule is COCc1c(C(=O)c2ccc(-c3ccccc3)cc2)ncc2[nH]c3ccc(OCc4ccccc4)cc3c12. The summed E-state index contributed by atoms with van der Waals surface area (Å²) in [4.78, 5) is 21.7. The number of benzene rings is 4. The molecule has 2 aromatic heterocycles. The van der Waals surface area contributed by atoms with Gasteiger partial charge in [0, 0.05) is 34.5 Å². The van der Waals surface area contributed by atoms with Crippen LogP contribution >= 0.6 is 0 Å². The molecular weight excluding hydrogens is 472 g/mol. The third-order valence-corrected chi connectivity index (χ3v) is 6.72. The maximum Gasteiger partial charge on any atom is 0.211 e. The van der Waals surface area contributed by atoms with Crippen LogP contribution < -0.4 is 4.74 Å². The summed E-state index contributed by atoms with van der Waals surface area (Å²) in [5.74, 6) is 0.621. The number of pyridine rings is 1. The first-order valence-corrected chi connectivity index (χ1v) is 12.5. The first kappa shape index (κ1) is 23.6. The van der Waals surface area contributed by atoms with Gasteiger partial charge in [-0.3, -0.25) is 9.78 Å². The van der Waals surface area contributed by atoms with Crippen molar-refractivity contribution in [3.05, 3.63) is 132 Å². The highest BCUT2D eigenvalue weighted by Gasteiger charge is 2.21. The number of carbonyl (C=O) groups excluding carboxylic acids is 1. The molecule has 0 spiro atoms. The number of carbonyl (C=O) groups is 1. The molecule has 0 amide bonds. The van der Waals surface area contributed by atoms with E-state index in [1.54, 1.807) is 13.3 Å². The average Bonchev–Trinajstić information content (AvgIpc) is 3.35. The van der Waals surface area contributed by atoms with Gasteiger partial charge in [-0.15, -0.1) is 0 Å². The number of fused-ring (bicyclic) bond motifs is 3. The number of ketones is 1. The lowest BCUT2D eigenvalue weighted by molar-refractivity contribution is 0.102. The van der Waals surface area contributed by atoms with Crippen LogP contribution in [0.1, 0.15) is 27.2 Å². The van der Waals surface area contributed by atoms with Crippen molar-refractivity contribution >= 4 is 27.6 Å². The molecule has 186 valence electrons. The fourth-order valence-corrected chi connectivity index (χ4v) is 4.83. The molecule has 0 atom stereocenters. The Morgan fingerprint density at radius 2 is 1.50 bits per heavy atom. The molecule has 5 heteroatoms. The Labute approximate surface area is 220 Å². The normalized spacial score (nSPS) is 11.2. The van der Waals surface area contributed by atoms with E-state index in [-0.39, 0.29) is 12.4 Å². The minimum atomic E-state index is -0.135. The quantitative estimate of drug-likeness (QED) is 0.223. The van der Waals surface area contributed by atoms with E-state index in [0.29, 0.717) is 17.9 Å². The van der Waals surface area contributed by atoms with Crippen LogP contribution in [0.5, 0.6) is 5.75 Å². The summed E-state index contributed by atoms with van der Waals surface area (Å²) >= 11 is 0. The van der Waals surface area contributed by atoms with Gasteiger partial charge < -0.3 is 14.5 Å². The lowest BCUT2D eigenvalue weighted by Crippen LogP contribution is -2.09. The number of aromatic amines is 1. The molecule has 0 aliphatic rings. The summed E-state index contributed by atoms with van der Waals surface area (Å²) in [5.41, 5.74) is 6.79. The summed E-state index contributed by atoms with van der Waals surface area (Å²) in [6.07, 6.45) is 1.73. The Balaban J connectivity index is 1.38. The van der Waals surface area contributed by atoms with Gasteiger partial charge in [0.05, 0.1) is 18.3 Å². The third kappa shape index (κ3) is 4.56. The first-order chi connectivity index (χ1) is 18.7. The maximum absolute atomic E-state index is 13.7. The minimum absolute atomic E-state index is 0.135. The summed E-state index contributed by atoms with van der Waals surface area (Å²) < 4.78 is 11.6. The topological polar surface area (TPSA) is 64.2 Å². The molecule has 5 nitrogen and oxygen atoms in total. The number of hydrogen-bond acceptors (Lipinski definition) is 4. The standard InChI is InChI=1S/C33H26N2O3/c1-37-21-28-31-27-18-26(38-20-22-8-4-2-5-9-22)16-17-29(27)35-30(31)19-34-32(28)33(36)25-14-12-24(13-15-25)23-10-6-3-7-11-23/h2-19,35H,20-21H2,1H3. The number of nitrogens with one attached hydrogen (secondary N) is 1. The van der Waals surface area contributed by atoms with E-state index >= 15 is 0 Å². The Morgan fingerprint density at radius 3 is 2.24 bits per heavy atom. The number of H-pyrrole nitrogens is 1. The monoisotopic (exact) mass is 498 g/mol. The molecular formula is C33H26N2O3. The highest BCUT2D eigenvalue weighted by atomic mass is 16.5. The molecule has 38 heavy (non-hydrogen) atoms. The molecule has 0 bridgehead atoms. The average molecular weight is 499 g/mol. The molecule has 6 rings (SSSR count). The second-order valence-electron chi connectivity index (χ2n) is 9.19. The van der Waals surface area contributed by atoms with E-state index in [0.717, 1.165) is 49.8 Å². The van der Waals surface area contributed by atoms with Crippen LogP contribution in [0.15, 0.2) is 109 Å². The number of nitrogens with zero attached hydrogens (tertiary/aromatic N) is 1. The Hall–Kier alpha value is -4.74. The van der Waals surface area contributed by atoms with E-state index < -0.39 is 0 Å². The van der Waals surface area contributed by atoms with Crippen molar-refractivity contribution in [1.82, 2.24) is 9.97 Å². The number of aromatic nitrogens is 2. The van der Waals surface area contributed by atoms with Gasteiger partial charge in [0.2, 0.25) is 5.78 Å². The highest BCUT2D eigenvalue weighted by molar-refractivity contribution is 6.15. The molecule has 0 saturated carbocycles. The van der Waals surface area contributed by atoms with Gasteiger partial charge in [-0.2, -0.15) is 0 Å². The Bertz CT molecular complexity index is 1720. The highest BCUT2D eigenvalue weighted by Crippen LogP contribution is 2.33. The van der Waals surface area contributed by atoms with E-state index in [4.69, 9.17) is 9.47 Å². The summed E-state index contributed by atoms with van der Waals surface area (Å²) in [6.45, 7) is 0.736. The summed E-state index contributed by atoms with van der Waals surface area (Å²) in [7, 11) is 1.63. The summed E-state index contributed by atoms with van der Waals surface area (Å²) in [5, 5.41) is 1.89. The number of ether oxygens (including phenoxy) is 2. The van der Waals surface area contributed by atoms with Crippen LogP contribution in [0.4, 0.5) is 0 Å². The second kappa shape index (κ2) is 10.3. The van der Waals surface area contributed by atoms with E-state index in [1.807, 2.05) is 91.0 Å². The van der Waals surface area contributed by atoms with Gasteiger partial charge in [-0.1, -0.05) is 84.9 Å².